The molecule has 0 radical (unpaired) electrons. The Morgan fingerprint density at radius 2 is 1.68 bits per heavy atom. The molecule has 0 aromatic heterocycles. The van der Waals surface area contributed by atoms with Gasteiger partial charge in [0.1, 0.15) is 0 Å². The molecule has 0 spiro atoms. The number of aryl methyl sites for hydroxylation is 1. The lowest BCUT2D eigenvalue weighted by molar-refractivity contribution is 0.310. The Morgan fingerprint density at radius 1 is 0.955 bits per heavy atom. The summed E-state index contributed by atoms with van der Waals surface area (Å²) in [7, 11) is -3.43. The van der Waals surface area contributed by atoms with E-state index in [1.165, 1.54) is 22.3 Å². The van der Waals surface area contributed by atoms with Crippen molar-refractivity contribution in [2.45, 2.75) is 32.3 Å². The summed E-state index contributed by atoms with van der Waals surface area (Å²) in [5, 5.41) is 0. The van der Waals surface area contributed by atoms with Crippen LogP contribution in [0, 0.1) is 0 Å². The van der Waals surface area contributed by atoms with E-state index in [1.54, 1.807) is 0 Å². The van der Waals surface area contributed by atoms with Gasteiger partial charge in [-0.15, -0.1) is 0 Å². The summed E-state index contributed by atoms with van der Waals surface area (Å²) < 4.78 is 27.6. The fourth-order valence-corrected chi connectivity index (χ4v) is 3.45. The minimum Gasteiger partial charge on any atom is -0.265 e. The first-order chi connectivity index (χ1) is 10.5. The lowest BCUT2D eigenvalue weighted by Gasteiger charge is -2.20. The van der Waals surface area contributed by atoms with Crippen molar-refractivity contribution in [2.24, 2.45) is 0 Å². The van der Waals surface area contributed by atoms with Crippen molar-refractivity contribution in [3.8, 4) is 11.1 Å². The molecule has 116 valence electrons. The van der Waals surface area contributed by atoms with Gasteiger partial charge in [-0.1, -0.05) is 42.5 Å². The first kappa shape index (κ1) is 15.3. The summed E-state index contributed by atoms with van der Waals surface area (Å²) in [6, 6.07) is 14.6. The Labute approximate surface area is 132 Å². The van der Waals surface area contributed by atoms with E-state index < -0.39 is 10.1 Å². The van der Waals surface area contributed by atoms with Crippen LogP contribution in [0.15, 0.2) is 42.5 Å². The second kappa shape index (κ2) is 6.23. The largest absolute Gasteiger partial charge is 0.265 e. The average Bonchev–Trinajstić information content (AvgIpc) is 2.47. The molecule has 0 heterocycles. The molecule has 4 heteroatoms. The minimum absolute atomic E-state index is 0.115. The topological polar surface area (TPSA) is 43.4 Å². The molecule has 0 atom stereocenters. The van der Waals surface area contributed by atoms with Crippen molar-refractivity contribution in [3.63, 3.8) is 0 Å². The summed E-state index contributed by atoms with van der Waals surface area (Å²) in [5.74, 6) is 0. The van der Waals surface area contributed by atoms with E-state index in [2.05, 4.69) is 30.3 Å². The van der Waals surface area contributed by atoms with Gasteiger partial charge in [-0.2, -0.15) is 8.42 Å². The van der Waals surface area contributed by atoms with Gasteiger partial charge in [0.15, 0.2) is 0 Å². The Bertz CT molecular complexity index is 779. The van der Waals surface area contributed by atoms with E-state index in [0.717, 1.165) is 37.5 Å². The Kier molecular flexibility index (Phi) is 4.32. The van der Waals surface area contributed by atoms with Crippen LogP contribution in [0.5, 0.6) is 0 Å². The quantitative estimate of drug-likeness (QED) is 0.811. The van der Waals surface area contributed by atoms with Crippen molar-refractivity contribution in [3.05, 3.63) is 59.2 Å². The SMILES string of the molecule is CS(=O)(=O)OCc1cccc2c1CCCCc1ccccc1-2. The maximum absolute atomic E-state index is 11.3. The molecule has 0 N–H and O–H groups in total. The average molecular weight is 316 g/mol. The van der Waals surface area contributed by atoms with E-state index in [4.69, 9.17) is 4.18 Å². The molecule has 3 rings (SSSR count). The number of rotatable bonds is 3. The molecule has 1 aliphatic rings. The van der Waals surface area contributed by atoms with Crippen molar-refractivity contribution in [1.82, 2.24) is 0 Å². The predicted molar refractivity (Wildman–Crippen MR) is 88.2 cm³/mol. The third-order valence-electron chi connectivity index (χ3n) is 4.13. The molecule has 0 bridgehead atoms. The second-order valence-electron chi connectivity index (χ2n) is 5.77. The zero-order valence-corrected chi connectivity index (χ0v) is 13.5. The molecule has 0 saturated carbocycles. The summed E-state index contributed by atoms with van der Waals surface area (Å²) in [6.07, 6.45) is 5.41. The third-order valence-corrected chi connectivity index (χ3v) is 4.68. The van der Waals surface area contributed by atoms with Gasteiger partial charge < -0.3 is 0 Å². The van der Waals surface area contributed by atoms with Gasteiger partial charge >= 0.3 is 0 Å². The van der Waals surface area contributed by atoms with Crippen LogP contribution in [-0.2, 0) is 33.7 Å². The van der Waals surface area contributed by atoms with Crippen molar-refractivity contribution < 1.29 is 12.6 Å². The molecule has 22 heavy (non-hydrogen) atoms. The summed E-state index contributed by atoms with van der Waals surface area (Å²) in [6.45, 7) is 0.115. The molecule has 0 fully saturated rings. The summed E-state index contributed by atoms with van der Waals surface area (Å²) in [5.41, 5.74) is 6.03. The molecule has 0 saturated heterocycles. The van der Waals surface area contributed by atoms with Crippen LogP contribution in [0.4, 0.5) is 0 Å². The van der Waals surface area contributed by atoms with Gasteiger partial charge in [-0.3, -0.25) is 4.18 Å². The third kappa shape index (κ3) is 3.39. The first-order valence-corrected chi connectivity index (χ1v) is 9.40. The highest BCUT2D eigenvalue weighted by Gasteiger charge is 2.16. The van der Waals surface area contributed by atoms with Gasteiger partial charge in [0.05, 0.1) is 12.9 Å². The molecule has 0 aliphatic heterocycles. The van der Waals surface area contributed by atoms with Crippen LogP contribution in [0.3, 0.4) is 0 Å². The van der Waals surface area contributed by atoms with Crippen molar-refractivity contribution in [1.29, 1.82) is 0 Å². The molecular weight excluding hydrogens is 296 g/mol. The monoisotopic (exact) mass is 316 g/mol. The summed E-state index contributed by atoms with van der Waals surface area (Å²) in [4.78, 5) is 0. The molecule has 0 amide bonds. The van der Waals surface area contributed by atoms with Crippen LogP contribution in [0.1, 0.15) is 29.5 Å². The fourth-order valence-electron chi connectivity index (χ4n) is 3.11. The normalized spacial score (nSPS) is 14.6. The minimum atomic E-state index is -3.43. The van der Waals surface area contributed by atoms with E-state index in [-0.39, 0.29) is 6.61 Å². The zero-order chi connectivity index (χ0) is 15.6. The molecular formula is C18H20O3S. The number of fused-ring (bicyclic) bond motifs is 3. The second-order valence-corrected chi connectivity index (χ2v) is 7.42. The van der Waals surface area contributed by atoms with Gasteiger partial charge in [0.2, 0.25) is 0 Å². The van der Waals surface area contributed by atoms with E-state index in [9.17, 15) is 8.42 Å². The van der Waals surface area contributed by atoms with E-state index in [0.29, 0.717) is 0 Å². The maximum Gasteiger partial charge on any atom is 0.264 e. The Hall–Kier alpha value is -1.65. The standard InChI is InChI=1S/C18H20O3S/c1-22(19,20)21-13-15-9-6-12-18-16-10-4-2-7-14(16)8-3-5-11-17(15)18/h2,4,6-7,9-10,12H,3,5,8,11,13H2,1H3. The van der Waals surface area contributed by atoms with Crippen molar-refractivity contribution in [2.75, 3.05) is 6.26 Å². The molecule has 1 aliphatic carbocycles. The molecule has 2 aromatic rings. The molecule has 0 unspecified atom stereocenters. The smallest absolute Gasteiger partial charge is 0.264 e. The van der Waals surface area contributed by atoms with E-state index in [1.807, 2.05) is 12.1 Å². The van der Waals surface area contributed by atoms with Crippen molar-refractivity contribution >= 4 is 10.1 Å². The Morgan fingerprint density at radius 3 is 2.50 bits per heavy atom. The van der Waals surface area contributed by atoms with Gasteiger partial charge in [-0.05, 0) is 53.5 Å². The highest BCUT2D eigenvalue weighted by atomic mass is 32.2. The first-order valence-electron chi connectivity index (χ1n) is 7.58. The fraction of sp³-hybridized carbons (Fsp3) is 0.333. The van der Waals surface area contributed by atoms with E-state index >= 15 is 0 Å². The van der Waals surface area contributed by atoms with Crippen LogP contribution in [-0.4, -0.2) is 14.7 Å². The Balaban J connectivity index is 2.06. The number of benzene rings is 2. The van der Waals surface area contributed by atoms with Crippen LogP contribution in [0.25, 0.3) is 11.1 Å². The van der Waals surface area contributed by atoms with Gasteiger partial charge in [0.25, 0.3) is 10.1 Å². The molecule has 2 aromatic carbocycles. The van der Waals surface area contributed by atoms with Gasteiger partial charge in [-0.25, -0.2) is 0 Å². The molecule has 3 nitrogen and oxygen atoms in total. The zero-order valence-electron chi connectivity index (χ0n) is 12.7. The number of hydrogen-bond acceptors (Lipinski definition) is 3. The predicted octanol–water partition coefficient (Wildman–Crippen LogP) is 3.71. The summed E-state index contributed by atoms with van der Waals surface area (Å²) >= 11 is 0. The van der Waals surface area contributed by atoms with Crippen LogP contribution in [0.2, 0.25) is 0 Å². The highest BCUT2D eigenvalue weighted by Crippen LogP contribution is 2.33. The van der Waals surface area contributed by atoms with Crippen LogP contribution < -0.4 is 0 Å². The van der Waals surface area contributed by atoms with Crippen LogP contribution >= 0.6 is 0 Å². The highest BCUT2D eigenvalue weighted by molar-refractivity contribution is 7.85. The lowest BCUT2D eigenvalue weighted by atomic mass is 9.86. The lowest BCUT2D eigenvalue weighted by Crippen LogP contribution is -2.07. The maximum atomic E-state index is 11.3. The van der Waals surface area contributed by atoms with Gasteiger partial charge in [0, 0.05) is 0 Å². The number of hydrogen-bond donors (Lipinski definition) is 0.